The van der Waals surface area contributed by atoms with Crippen molar-refractivity contribution in [1.29, 1.82) is 0 Å². The number of anilines is 1. The van der Waals surface area contributed by atoms with E-state index in [0.717, 1.165) is 0 Å². The van der Waals surface area contributed by atoms with Crippen LogP contribution in [0.2, 0.25) is 5.15 Å². The Balaban J connectivity index is 2.56. The summed E-state index contributed by atoms with van der Waals surface area (Å²) in [6.07, 6.45) is -1.28. The molecule has 9 heteroatoms. The van der Waals surface area contributed by atoms with Crippen LogP contribution in [-0.2, 0) is 0 Å². The predicted molar refractivity (Wildman–Crippen MR) is 65.8 cm³/mol. The number of alkyl halides is 2. The molecule has 6 nitrogen and oxygen atoms in total. The third-order valence-electron chi connectivity index (χ3n) is 2.60. The molecule has 2 aromatic heterocycles. The molecule has 0 aliphatic carbocycles. The highest BCUT2D eigenvalue weighted by atomic mass is 35.5. The molecule has 0 atom stereocenters. The van der Waals surface area contributed by atoms with Crippen molar-refractivity contribution < 1.29 is 13.9 Å². The Labute approximate surface area is 112 Å². The molecular formula is C10H12ClF2N5O. The van der Waals surface area contributed by atoms with Gasteiger partial charge in [0.1, 0.15) is 17.3 Å². The van der Waals surface area contributed by atoms with Crippen molar-refractivity contribution >= 4 is 23.2 Å². The van der Waals surface area contributed by atoms with E-state index in [2.05, 4.69) is 15.1 Å². The smallest absolute Gasteiger partial charge is 0.255 e. The zero-order chi connectivity index (χ0) is 14.0. The van der Waals surface area contributed by atoms with Crippen LogP contribution in [0.1, 0.15) is 5.56 Å². The van der Waals surface area contributed by atoms with E-state index in [4.69, 9.17) is 16.7 Å². The highest BCUT2D eigenvalue weighted by Gasteiger charge is 2.20. The van der Waals surface area contributed by atoms with Crippen molar-refractivity contribution in [2.45, 2.75) is 13.3 Å². The Morgan fingerprint density at radius 1 is 1.53 bits per heavy atom. The van der Waals surface area contributed by atoms with Gasteiger partial charge in [-0.15, -0.1) is 0 Å². The number of aromatic nitrogens is 4. The summed E-state index contributed by atoms with van der Waals surface area (Å²) in [6, 6.07) is 0. The maximum Gasteiger partial charge on any atom is 0.255 e. The molecule has 0 bridgehead atoms. The molecule has 19 heavy (non-hydrogen) atoms. The summed E-state index contributed by atoms with van der Waals surface area (Å²) in [5, 5.41) is 13.1. The van der Waals surface area contributed by atoms with Crippen LogP contribution in [0.15, 0.2) is 6.33 Å². The van der Waals surface area contributed by atoms with Gasteiger partial charge < -0.3 is 10.0 Å². The van der Waals surface area contributed by atoms with E-state index in [9.17, 15) is 8.78 Å². The van der Waals surface area contributed by atoms with Crippen molar-refractivity contribution in [3.8, 4) is 0 Å². The minimum atomic E-state index is -2.54. The summed E-state index contributed by atoms with van der Waals surface area (Å²) in [5.74, 6) is 0.588. The van der Waals surface area contributed by atoms with Crippen LogP contribution in [0.5, 0.6) is 0 Å². The van der Waals surface area contributed by atoms with Crippen molar-refractivity contribution in [3.63, 3.8) is 0 Å². The van der Waals surface area contributed by atoms with Crippen molar-refractivity contribution in [3.05, 3.63) is 17.0 Å². The van der Waals surface area contributed by atoms with Gasteiger partial charge in [0, 0.05) is 12.1 Å². The summed E-state index contributed by atoms with van der Waals surface area (Å²) < 4.78 is 26.6. The van der Waals surface area contributed by atoms with E-state index in [1.807, 2.05) is 0 Å². The fourth-order valence-corrected chi connectivity index (χ4v) is 1.99. The van der Waals surface area contributed by atoms with Crippen molar-refractivity contribution in [1.82, 2.24) is 19.6 Å². The van der Waals surface area contributed by atoms with Gasteiger partial charge in [0.15, 0.2) is 0 Å². The minimum Gasteiger partial charge on any atom is -0.395 e. The molecule has 1 N–H and O–H groups in total. The molecule has 104 valence electrons. The molecule has 0 aromatic carbocycles. The first-order chi connectivity index (χ1) is 9.04. The number of hydrogen-bond donors (Lipinski definition) is 1. The van der Waals surface area contributed by atoms with Crippen LogP contribution in [-0.4, -0.2) is 50.8 Å². The molecule has 0 aliphatic heterocycles. The van der Waals surface area contributed by atoms with Crippen molar-refractivity contribution in [2.75, 3.05) is 24.6 Å². The second-order valence-corrected chi connectivity index (χ2v) is 4.24. The second-order valence-electron chi connectivity index (χ2n) is 3.88. The zero-order valence-electron chi connectivity index (χ0n) is 10.1. The lowest BCUT2D eigenvalue weighted by Gasteiger charge is -2.25. The van der Waals surface area contributed by atoms with Gasteiger partial charge in [-0.05, 0) is 6.92 Å². The van der Waals surface area contributed by atoms with Gasteiger partial charge in [-0.1, -0.05) is 11.6 Å². The number of halogens is 3. The topological polar surface area (TPSA) is 66.5 Å². The van der Waals surface area contributed by atoms with Crippen LogP contribution in [0.25, 0.3) is 5.78 Å². The quantitative estimate of drug-likeness (QED) is 0.837. The van der Waals surface area contributed by atoms with Gasteiger partial charge in [-0.25, -0.2) is 8.78 Å². The standard InChI is InChI=1S/C10H12ClF2N5O/c1-6-8(11)16-10-14-5-15-18(10)9(6)17(2-3-19)4-7(12)13/h5,7,19H,2-4H2,1H3. The molecule has 0 radical (unpaired) electrons. The summed E-state index contributed by atoms with van der Waals surface area (Å²) in [5.41, 5.74) is 0.508. The second kappa shape index (κ2) is 5.62. The number of fused-ring (bicyclic) bond motifs is 1. The van der Waals surface area contributed by atoms with E-state index >= 15 is 0 Å². The highest BCUT2D eigenvalue weighted by molar-refractivity contribution is 6.30. The van der Waals surface area contributed by atoms with Gasteiger partial charge in [-0.2, -0.15) is 19.6 Å². The number of hydrogen-bond acceptors (Lipinski definition) is 5. The number of rotatable bonds is 5. The number of aliphatic hydroxyl groups is 1. The van der Waals surface area contributed by atoms with Crippen LogP contribution < -0.4 is 4.90 Å². The zero-order valence-corrected chi connectivity index (χ0v) is 10.8. The lowest BCUT2D eigenvalue weighted by molar-refractivity contribution is 0.152. The first kappa shape index (κ1) is 13.9. The molecule has 0 spiro atoms. The maximum atomic E-state index is 12.6. The SMILES string of the molecule is Cc1c(Cl)nc2ncnn2c1N(CCO)CC(F)F. The lowest BCUT2D eigenvalue weighted by atomic mass is 10.3. The molecule has 0 amide bonds. The fourth-order valence-electron chi connectivity index (χ4n) is 1.83. The fraction of sp³-hybridized carbons (Fsp3) is 0.500. The summed E-state index contributed by atoms with van der Waals surface area (Å²) in [7, 11) is 0. The van der Waals surface area contributed by atoms with Crippen LogP contribution in [0.3, 0.4) is 0 Å². The largest absolute Gasteiger partial charge is 0.395 e. The van der Waals surface area contributed by atoms with E-state index in [-0.39, 0.29) is 24.1 Å². The maximum absolute atomic E-state index is 12.6. The first-order valence-electron chi connectivity index (χ1n) is 5.54. The van der Waals surface area contributed by atoms with E-state index in [0.29, 0.717) is 11.4 Å². The van der Waals surface area contributed by atoms with Crippen LogP contribution >= 0.6 is 11.6 Å². The molecule has 0 saturated carbocycles. The Hall–Kier alpha value is -1.54. The Bertz CT molecular complexity index is 576. The molecular weight excluding hydrogens is 280 g/mol. The third-order valence-corrected chi connectivity index (χ3v) is 2.97. The lowest BCUT2D eigenvalue weighted by Crippen LogP contribution is -2.34. The summed E-state index contributed by atoms with van der Waals surface area (Å²) in [4.78, 5) is 9.19. The predicted octanol–water partition coefficient (Wildman–Crippen LogP) is 1.15. The first-order valence-corrected chi connectivity index (χ1v) is 5.92. The molecule has 0 fully saturated rings. The van der Waals surface area contributed by atoms with Gasteiger partial charge in [-0.3, -0.25) is 0 Å². The van der Waals surface area contributed by atoms with Crippen LogP contribution in [0.4, 0.5) is 14.6 Å². The van der Waals surface area contributed by atoms with Crippen LogP contribution in [0, 0.1) is 6.92 Å². The number of aliphatic hydroxyl groups excluding tert-OH is 1. The summed E-state index contributed by atoms with van der Waals surface area (Å²) in [6.45, 7) is 0.904. The van der Waals surface area contributed by atoms with Gasteiger partial charge in [0.25, 0.3) is 12.2 Å². The van der Waals surface area contributed by atoms with Gasteiger partial charge in [0.2, 0.25) is 0 Å². The Morgan fingerprint density at radius 2 is 2.26 bits per heavy atom. The van der Waals surface area contributed by atoms with Crippen molar-refractivity contribution in [2.24, 2.45) is 0 Å². The highest BCUT2D eigenvalue weighted by Crippen LogP contribution is 2.26. The number of nitrogens with zero attached hydrogens (tertiary/aromatic N) is 5. The average molecular weight is 292 g/mol. The molecule has 0 unspecified atom stereocenters. The normalized spacial score (nSPS) is 11.5. The average Bonchev–Trinajstić information content (AvgIpc) is 2.77. The minimum absolute atomic E-state index is 0.0421. The summed E-state index contributed by atoms with van der Waals surface area (Å²) >= 11 is 5.96. The van der Waals surface area contributed by atoms with E-state index in [1.165, 1.54) is 15.7 Å². The Morgan fingerprint density at radius 3 is 2.89 bits per heavy atom. The molecule has 2 rings (SSSR count). The molecule has 0 aliphatic rings. The Kier molecular flexibility index (Phi) is 4.11. The van der Waals surface area contributed by atoms with E-state index in [1.54, 1.807) is 6.92 Å². The monoisotopic (exact) mass is 291 g/mol. The molecule has 2 aromatic rings. The van der Waals surface area contributed by atoms with Gasteiger partial charge >= 0.3 is 0 Å². The molecule has 0 saturated heterocycles. The third kappa shape index (κ3) is 2.74. The molecule has 2 heterocycles. The van der Waals surface area contributed by atoms with Gasteiger partial charge in [0.05, 0.1) is 13.2 Å². The van der Waals surface area contributed by atoms with E-state index < -0.39 is 13.0 Å².